The first-order valence-electron chi connectivity index (χ1n) is 2.22. The van der Waals surface area contributed by atoms with E-state index in [2.05, 4.69) is 28.7 Å². The molecule has 0 unspecified atom stereocenters. The van der Waals surface area contributed by atoms with E-state index >= 15 is 0 Å². The molecule has 0 N–H and O–H groups in total. The molecule has 1 rings (SSSR count). The van der Waals surface area contributed by atoms with Crippen molar-refractivity contribution in [1.82, 2.24) is 0 Å². The summed E-state index contributed by atoms with van der Waals surface area (Å²) in [4.78, 5) is 0. The molecule has 0 spiro atoms. The van der Waals surface area contributed by atoms with Crippen LogP contribution in [0, 0.1) is 9.64 Å². The maximum Gasteiger partial charge on any atom is 0.0560 e. The van der Waals surface area contributed by atoms with E-state index in [0.717, 1.165) is 3.57 Å². The summed E-state index contributed by atoms with van der Waals surface area (Å²) in [5, 5.41) is 1.31. The number of hydrogen-bond acceptors (Lipinski definition) is 0. The average Bonchev–Trinajstić information content (AvgIpc) is 1.83. The highest BCUT2D eigenvalue weighted by Gasteiger charge is 1.98. The van der Waals surface area contributed by atoms with E-state index in [9.17, 15) is 0 Å². The van der Waals surface area contributed by atoms with Crippen LogP contribution in [0.15, 0.2) is 12.1 Å². The molecule has 0 aliphatic carbocycles. The van der Waals surface area contributed by atoms with Crippen molar-refractivity contribution in [2.75, 3.05) is 0 Å². The average molecular weight is 272 g/mol. The Morgan fingerprint density at radius 2 is 1.67 bits per heavy atom. The molecule has 0 saturated carbocycles. The molecule has 0 fully saturated rings. The van der Waals surface area contributed by atoms with E-state index in [4.69, 9.17) is 23.2 Å². The minimum atomic E-state index is 0.656. The topological polar surface area (TPSA) is 0 Å². The van der Waals surface area contributed by atoms with E-state index in [1.807, 2.05) is 0 Å². The van der Waals surface area contributed by atoms with Crippen LogP contribution < -0.4 is 0 Å². The molecule has 0 aliphatic rings. The van der Waals surface area contributed by atoms with Crippen molar-refractivity contribution in [2.45, 2.75) is 0 Å². The van der Waals surface area contributed by atoms with Crippen molar-refractivity contribution in [2.24, 2.45) is 0 Å². The predicted octanol–water partition coefficient (Wildman–Crippen LogP) is 3.40. The summed E-state index contributed by atoms with van der Waals surface area (Å²) in [5.74, 6) is 0. The molecular formula is C6H2Cl2I. The smallest absolute Gasteiger partial charge is 0.0560 e. The summed E-state index contributed by atoms with van der Waals surface area (Å²) in [5.41, 5.74) is 0. The molecule has 1 radical (unpaired) electrons. The molecule has 0 aromatic heterocycles. The van der Waals surface area contributed by atoms with Gasteiger partial charge in [-0.1, -0.05) is 23.2 Å². The highest BCUT2D eigenvalue weighted by molar-refractivity contribution is 14.1. The molecule has 0 amide bonds. The fourth-order valence-corrected chi connectivity index (χ4v) is 1.12. The molecule has 0 atom stereocenters. The summed E-state index contributed by atoms with van der Waals surface area (Å²) in [7, 11) is 0. The molecule has 0 aliphatic heterocycles. The Morgan fingerprint density at radius 3 is 2.00 bits per heavy atom. The number of halogens is 3. The molecule has 0 saturated heterocycles. The zero-order valence-corrected chi connectivity index (χ0v) is 7.96. The predicted molar refractivity (Wildman–Crippen MR) is 48.0 cm³/mol. The third-order valence-corrected chi connectivity index (χ3v) is 3.24. The molecule has 47 valence electrons. The van der Waals surface area contributed by atoms with Gasteiger partial charge in [0, 0.05) is 0 Å². The molecule has 0 nitrogen and oxygen atoms in total. The van der Waals surface area contributed by atoms with Crippen molar-refractivity contribution in [3.8, 4) is 0 Å². The Morgan fingerprint density at radius 1 is 1.22 bits per heavy atom. The van der Waals surface area contributed by atoms with Crippen LogP contribution in [0.1, 0.15) is 0 Å². The van der Waals surface area contributed by atoms with E-state index in [1.54, 1.807) is 12.1 Å². The highest BCUT2D eigenvalue weighted by Crippen LogP contribution is 2.24. The van der Waals surface area contributed by atoms with Gasteiger partial charge in [-0.25, -0.2) is 0 Å². The summed E-state index contributed by atoms with van der Waals surface area (Å²) in [6.45, 7) is 0. The zero-order chi connectivity index (χ0) is 6.85. The third kappa shape index (κ3) is 1.72. The second-order valence-electron chi connectivity index (χ2n) is 1.47. The SMILES string of the molecule is Clc1c[c]cc(Cl)c1I. The van der Waals surface area contributed by atoms with Gasteiger partial charge in [-0.15, -0.1) is 0 Å². The second-order valence-corrected chi connectivity index (χ2v) is 3.36. The van der Waals surface area contributed by atoms with Gasteiger partial charge in [-0.05, 0) is 40.8 Å². The largest absolute Gasteiger partial charge is 0.0831 e. The van der Waals surface area contributed by atoms with E-state index in [1.165, 1.54) is 0 Å². The van der Waals surface area contributed by atoms with Crippen molar-refractivity contribution < 1.29 is 0 Å². The minimum Gasteiger partial charge on any atom is -0.0831 e. The van der Waals surface area contributed by atoms with Crippen molar-refractivity contribution in [3.05, 3.63) is 31.8 Å². The second kappa shape index (κ2) is 3.08. The van der Waals surface area contributed by atoms with Gasteiger partial charge in [0.1, 0.15) is 0 Å². The Bertz CT molecular complexity index is 202. The molecule has 1 aromatic carbocycles. The maximum absolute atomic E-state index is 5.69. The van der Waals surface area contributed by atoms with Crippen molar-refractivity contribution in [1.29, 1.82) is 0 Å². The maximum atomic E-state index is 5.69. The van der Waals surface area contributed by atoms with Gasteiger partial charge < -0.3 is 0 Å². The lowest BCUT2D eigenvalue weighted by Gasteiger charge is -1.94. The Balaban J connectivity index is 3.25. The Kier molecular flexibility index (Phi) is 2.61. The lowest BCUT2D eigenvalue weighted by atomic mass is 10.4. The standard InChI is InChI=1S/C6H2Cl2I/c7-4-2-1-3-5(8)6(4)9/h2-3H. The molecule has 1 aromatic rings. The van der Waals surface area contributed by atoms with Crippen LogP contribution in [0.2, 0.25) is 10.0 Å². The Labute approximate surface area is 77.3 Å². The van der Waals surface area contributed by atoms with Gasteiger partial charge in [-0.2, -0.15) is 0 Å². The quantitative estimate of drug-likeness (QED) is 0.501. The van der Waals surface area contributed by atoms with Gasteiger partial charge >= 0.3 is 0 Å². The van der Waals surface area contributed by atoms with Crippen LogP contribution in [0.4, 0.5) is 0 Å². The van der Waals surface area contributed by atoms with Gasteiger partial charge in [0.05, 0.1) is 13.6 Å². The van der Waals surface area contributed by atoms with E-state index in [-0.39, 0.29) is 0 Å². The van der Waals surface area contributed by atoms with Crippen LogP contribution in [-0.4, -0.2) is 0 Å². The normalized spacial score (nSPS) is 9.67. The first kappa shape index (κ1) is 7.63. The molecule has 0 heterocycles. The lowest BCUT2D eigenvalue weighted by molar-refractivity contribution is 1.63. The fraction of sp³-hybridized carbons (Fsp3) is 0. The van der Waals surface area contributed by atoms with Crippen LogP contribution in [0.3, 0.4) is 0 Å². The molecule has 0 bridgehead atoms. The first-order valence-corrected chi connectivity index (χ1v) is 4.06. The van der Waals surface area contributed by atoms with Crippen molar-refractivity contribution in [3.63, 3.8) is 0 Å². The minimum absolute atomic E-state index is 0.656. The van der Waals surface area contributed by atoms with E-state index < -0.39 is 0 Å². The van der Waals surface area contributed by atoms with E-state index in [0.29, 0.717) is 10.0 Å². The van der Waals surface area contributed by atoms with Crippen LogP contribution in [-0.2, 0) is 0 Å². The summed E-state index contributed by atoms with van der Waals surface area (Å²) in [6, 6.07) is 6.18. The summed E-state index contributed by atoms with van der Waals surface area (Å²) in [6.07, 6.45) is 0. The first-order chi connectivity index (χ1) is 4.22. The van der Waals surface area contributed by atoms with Crippen LogP contribution in [0.25, 0.3) is 0 Å². The number of benzene rings is 1. The Hall–Kier alpha value is 0.530. The highest BCUT2D eigenvalue weighted by atomic mass is 127. The molecule has 9 heavy (non-hydrogen) atoms. The fourth-order valence-electron chi connectivity index (χ4n) is 0.429. The van der Waals surface area contributed by atoms with Crippen LogP contribution >= 0.6 is 45.8 Å². The number of hydrogen-bond donors (Lipinski definition) is 0. The van der Waals surface area contributed by atoms with Gasteiger partial charge in [0.2, 0.25) is 0 Å². The molecular weight excluding hydrogens is 270 g/mol. The number of rotatable bonds is 0. The molecule has 3 heteroatoms. The van der Waals surface area contributed by atoms with Crippen LogP contribution in [0.5, 0.6) is 0 Å². The van der Waals surface area contributed by atoms with Gasteiger partial charge in [-0.3, -0.25) is 0 Å². The summed E-state index contributed by atoms with van der Waals surface area (Å²) < 4.78 is 0.884. The lowest BCUT2D eigenvalue weighted by Crippen LogP contribution is -1.73. The van der Waals surface area contributed by atoms with Gasteiger partial charge in [0.15, 0.2) is 0 Å². The third-order valence-electron chi connectivity index (χ3n) is 0.839. The monoisotopic (exact) mass is 271 g/mol. The summed E-state index contributed by atoms with van der Waals surface area (Å²) >= 11 is 13.5. The van der Waals surface area contributed by atoms with Crippen molar-refractivity contribution >= 4 is 45.8 Å². The zero-order valence-electron chi connectivity index (χ0n) is 4.29. The van der Waals surface area contributed by atoms with Gasteiger partial charge in [0.25, 0.3) is 0 Å².